The van der Waals surface area contributed by atoms with Gasteiger partial charge in [0.15, 0.2) is 0 Å². The average molecular weight is 226 g/mol. The van der Waals surface area contributed by atoms with E-state index < -0.39 is 0 Å². The maximum Gasteiger partial charge on any atom is 0.0178 e. The van der Waals surface area contributed by atoms with Gasteiger partial charge >= 0.3 is 0 Å². The van der Waals surface area contributed by atoms with E-state index in [4.69, 9.17) is 0 Å². The summed E-state index contributed by atoms with van der Waals surface area (Å²) in [5.74, 6) is 0. The normalized spacial score (nSPS) is 20.2. The molecule has 2 rings (SSSR count). The molecule has 12 heavy (non-hydrogen) atoms. The van der Waals surface area contributed by atoms with Gasteiger partial charge in [-0.25, -0.2) is 0 Å². The Hall–Kier alpha value is -0.340. The Morgan fingerprint density at radius 3 is 2.67 bits per heavy atom. The Labute approximate surface area is 81.3 Å². The van der Waals surface area contributed by atoms with Gasteiger partial charge in [-0.05, 0) is 17.7 Å². The van der Waals surface area contributed by atoms with Gasteiger partial charge in [-0.1, -0.05) is 35.0 Å². The fourth-order valence-corrected chi connectivity index (χ4v) is 1.97. The molecular formula is C10H12BrN. The van der Waals surface area contributed by atoms with Gasteiger partial charge in [-0.15, -0.1) is 0 Å². The number of benzene rings is 1. The van der Waals surface area contributed by atoms with Gasteiger partial charge in [-0.3, -0.25) is 0 Å². The van der Waals surface area contributed by atoms with Gasteiger partial charge in [0.25, 0.3) is 0 Å². The quantitative estimate of drug-likeness (QED) is 0.774. The van der Waals surface area contributed by atoms with E-state index in [0.29, 0.717) is 5.41 Å². The highest BCUT2D eigenvalue weighted by atomic mass is 79.9. The minimum Gasteiger partial charge on any atom is -0.315 e. The van der Waals surface area contributed by atoms with Crippen molar-refractivity contribution in [2.24, 2.45) is 0 Å². The van der Waals surface area contributed by atoms with Crippen molar-refractivity contribution >= 4 is 15.9 Å². The van der Waals surface area contributed by atoms with E-state index in [9.17, 15) is 0 Å². The second-order valence-corrected chi connectivity index (χ2v) is 4.59. The molecule has 0 spiro atoms. The van der Waals surface area contributed by atoms with Crippen LogP contribution in [0.4, 0.5) is 0 Å². The fraction of sp³-hybridized carbons (Fsp3) is 0.400. The summed E-state index contributed by atoms with van der Waals surface area (Å²) in [5, 5.41) is 3.30. The van der Waals surface area contributed by atoms with Crippen LogP contribution in [0.3, 0.4) is 0 Å². The van der Waals surface area contributed by atoms with Crippen LogP contribution in [-0.2, 0) is 5.41 Å². The van der Waals surface area contributed by atoms with E-state index in [1.165, 1.54) is 10.0 Å². The zero-order valence-electron chi connectivity index (χ0n) is 7.10. The summed E-state index contributed by atoms with van der Waals surface area (Å²) in [7, 11) is 0. The first kappa shape index (κ1) is 8.27. The predicted molar refractivity (Wildman–Crippen MR) is 54.4 cm³/mol. The molecular weight excluding hydrogens is 214 g/mol. The summed E-state index contributed by atoms with van der Waals surface area (Å²) in [5.41, 5.74) is 1.79. The molecule has 0 aromatic heterocycles. The third-order valence-electron chi connectivity index (χ3n) is 2.55. The molecule has 0 radical (unpaired) electrons. The van der Waals surface area contributed by atoms with Crippen LogP contribution in [0.5, 0.6) is 0 Å². The van der Waals surface area contributed by atoms with Gasteiger partial charge in [-0.2, -0.15) is 0 Å². The average Bonchev–Trinajstić information content (AvgIpc) is 2.00. The Morgan fingerprint density at radius 2 is 2.17 bits per heavy atom. The van der Waals surface area contributed by atoms with Crippen LogP contribution in [0.1, 0.15) is 12.5 Å². The molecule has 1 aromatic carbocycles. The van der Waals surface area contributed by atoms with Gasteiger partial charge in [0.1, 0.15) is 0 Å². The highest BCUT2D eigenvalue weighted by molar-refractivity contribution is 9.10. The summed E-state index contributed by atoms with van der Waals surface area (Å²) < 4.78 is 1.17. The molecule has 0 bridgehead atoms. The fourth-order valence-electron chi connectivity index (χ4n) is 1.57. The third kappa shape index (κ3) is 1.29. The summed E-state index contributed by atoms with van der Waals surface area (Å²) in [4.78, 5) is 0. The van der Waals surface area contributed by atoms with Crippen molar-refractivity contribution in [1.82, 2.24) is 5.32 Å². The second-order valence-electron chi connectivity index (χ2n) is 3.67. The first-order chi connectivity index (χ1) is 5.71. The summed E-state index contributed by atoms with van der Waals surface area (Å²) in [6.45, 7) is 4.50. The lowest BCUT2D eigenvalue weighted by molar-refractivity contribution is 0.305. The van der Waals surface area contributed by atoms with Crippen LogP contribution in [0.15, 0.2) is 28.7 Å². The van der Waals surface area contributed by atoms with E-state index in [2.05, 4.69) is 52.4 Å². The highest BCUT2D eigenvalue weighted by Crippen LogP contribution is 2.29. The monoisotopic (exact) mass is 225 g/mol. The SMILES string of the molecule is CC1(c2cccc(Br)c2)CNC1. The van der Waals surface area contributed by atoms with Gasteiger partial charge in [0, 0.05) is 23.0 Å². The van der Waals surface area contributed by atoms with Crippen molar-refractivity contribution in [2.75, 3.05) is 13.1 Å². The smallest absolute Gasteiger partial charge is 0.0178 e. The lowest BCUT2D eigenvalue weighted by Crippen LogP contribution is -2.54. The Bertz CT molecular complexity index is 292. The van der Waals surface area contributed by atoms with Crippen LogP contribution in [0.2, 0.25) is 0 Å². The van der Waals surface area contributed by atoms with Crippen molar-refractivity contribution in [1.29, 1.82) is 0 Å². The number of hydrogen-bond acceptors (Lipinski definition) is 1. The Kier molecular flexibility index (Phi) is 1.97. The van der Waals surface area contributed by atoms with E-state index in [1.54, 1.807) is 0 Å². The lowest BCUT2D eigenvalue weighted by Gasteiger charge is -2.40. The first-order valence-electron chi connectivity index (χ1n) is 4.17. The molecule has 0 saturated carbocycles. The number of halogens is 1. The third-order valence-corrected chi connectivity index (χ3v) is 3.05. The summed E-state index contributed by atoms with van der Waals surface area (Å²) >= 11 is 3.49. The van der Waals surface area contributed by atoms with Gasteiger partial charge < -0.3 is 5.32 Å². The Balaban J connectivity index is 2.33. The summed E-state index contributed by atoms with van der Waals surface area (Å²) in [6.07, 6.45) is 0. The molecule has 1 aliphatic heterocycles. The molecule has 1 aromatic rings. The largest absolute Gasteiger partial charge is 0.315 e. The minimum atomic E-state index is 0.365. The standard InChI is InChI=1S/C10H12BrN/c1-10(6-12-7-10)8-3-2-4-9(11)5-8/h2-5,12H,6-7H2,1H3. The number of hydrogen-bond donors (Lipinski definition) is 1. The maximum atomic E-state index is 3.49. The van der Waals surface area contributed by atoms with E-state index >= 15 is 0 Å². The molecule has 0 atom stereocenters. The second kappa shape index (κ2) is 2.86. The van der Waals surface area contributed by atoms with E-state index in [-0.39, 0.29) is 0 Å². The van der Waals surface area contributed by atoms with Crippen molar-refractivity contribution in [2.45, 2.75) is 12.3 Å². The van der Waals surface area contributed by atoms with Crippen LogP contribution in [0, 0.1) is 0 Å². The zero-order chi connectivity index (χ0) is 8.60. The molecule has 64 valence electrons. The highest BCUT2D eigenvalue weighted by Gasteiger charge is 2.33. The molecule has 0 unspecified atom stereocenters. The molecule has 1 N–H and O–H groups in total. The predicted octanol–water partition coefficient (Wildman–Crippen LogP) is 2.31. The van der Waals surface area contributed by atoms with Crippen LogP contribution in [-0.4, -0.2) is 13.1 Å². The van der Waals surface area contributed by atoms with Gasteiger partial charge in [0.2, 0.25) is 0 Å². The Morgan fingerprint density at radius 1 is 1.42 bits per heavy atom. The number of rotatable bonds is 1. The molecule has 2 heteroatoms. The topological polar surface area (TPSA) is 12.0 Å². The number of nitrogens with one attached hydrogen (secondary N) is 1. The minimum absolute atomic E-state index is 0.365. The molecule has 1 aliphatic rings. The molecule has 1 nitrogen and oxygen atoms in total. The zero-order valence-corrected chi connectivity index (χ0v) is 8.69. The summed E-state index contributed by atoms with van der Waals surface area (Å²) in [6, 6.07) is 8.58. The molecule has 0 aliphatic carbocycles. The molecule has 1 heterocycles. The first-order valence-corrected chi connectivity index (χ1v) is 4.97. The van der Waals surface area contributed by atoms with Crippen molar-refractivity contribution in [3.8, 4) is 0 Å². The lowest BCUT2D eigenvalue weighted by atomic mass is 9.77. The van der Waals surface area contributed by atoms with E-state index in [0.717, 1.165) is 13.1 Å². The molecule has 0 amide bonds. The van der Waals surface area contributed by atoms with Gasteiger partial charge in [0.05, 0.1) is 0 Å². The van der Waals surface area contributed by atoms with Crippen LogP contribution in [0.25, 0.3) is 0 Å². The van der Waals surface area contributed by atoms with E-state index in [1.807, 2.05) is 0 Å². The van der Waals surface area contributed by atoms with Crippen LogP contribution < -0.4 is 5.32 Å². The molecule has 1 saturated heterocycles. The van der Waals surface area contributed by atoms with Crippen molar-refractivity contribution in [3.63, 3.8) is 0 Å². The van der Waals surface area contributed by atoms with Crippen LogP contribution >= 0.6 is 15.9 Å². The maximum absolute atomic E-state index is 3.49. The van der Waals surface area contributed by atoms with Crippen molar-refractivity contribution < 1.29 is 0 Å². The van der Waals surface area contributed by atoms with Crippen molar-refractivity contribution in [3.05, 3.63) is 34.3 Å². The molecule has 1 fully saturated rings.